The molecule has 0 bridgehead atoms. The average molecular weight is 393 g/mol. The molecule has 7 heteroatoms. The van der Waals surface area contributed by atoms with Crippen molar-refractivity contribution >= 4 is 17.6 Å². The summed E-state index contributed by atoms with van der Waals surface area (Å²) in [5, 5.41) is 8.27. The largest absolute Gasteiger partial charge is 0.492 e. The van der Waals surface area contributed by atoms with Crippen LogP contribution in [0.1, 0.15) is 21.7 Å². The third kappa shape index (κ3) is 6.42. The molecule has 0 radical (unpaired) electrons. The number of hydrogen-bond acceptors (Lipinski definition) is 4. The van der Waals surface area contributed by atoms with E-state index in [0.717, 1.165) is 11.3 Å². The van der Waals surface area contributed by atoms with Gasteiger partial charge in [-0.25, -0.2) is 4.79 Å². The molecule has 3 N–H and O–H groups in total. The summed E-state index contributed by atoms with van der Waals surface area (Å²) in [5.41, 5.74) is 2.64. The van der Waals surface area contributed by atoms with Gasteiger partial charge in [0.1, 0.15) is 12.4 Å². The molecule has 0 saturated carbocycles. The van der Waals surface area contributed by atoms with Crippen molar-refractivity contribution in [2.45, 2.75) is 13.5 Å². The van der Waals surface area contributed by atoms with E-state index in [0.29, 0.717) is 25.4 Å². The van der Waals surface area contributed by atoms with Gasteiger partial charge in [-0.15, -0.1) is 0 Å². The van der Waals surface area contributed by atoms with E-state index in [1.54, 1.807) is 24.3 Å². The van der Waals surface area contributed by atoms with E-state index in [2.05, 4.69) is 16.0 Å². The van der Waals surface area contributed by atoms with Crippen molar-refractivity contribution in [2.24, 2.45) is 0 Å². The monoisotopic (exact) mass is 393 g/mol. The lowest BCUT2D eigenvalue weighted by atomic mass is 10.2. The maximum absolute atomic E-state index is 12.0. The van der Waals surface area contributed by atoms with Crippen molar-refractivity contribution in [3.63, 3.8) is 0 Å². The number of ether oxygens (including phenoxy) is 1. The minimum absolute atomic E-state index is 0.237. The molecule has 3 aromatic rings. The van der Waals surface area contributed by atoms with Crippen molar-refractivity contribution in [2.75, 3.05) is 18.5 Å². The standard InChI is InChI=1S/C22H23N3O4/c1-16-7-9-19(10-8-16)28-13-11-23-22(27)24-15-17-4-2-5-18(14-17)25-21(26)20-6-3-12-29-20/h2-10,12,14H,11,13,15H2,1H3,(H,25,26)(H2,23,24,27). The van der Waals surface area contributed by atoms with E-state index in [9.17, 15) is 9.59 Å². The molecule has 1 heterocycles. The van der Waals surface area contributed by atoms with E-state index in [1.807, 2.05) is 43.3 Å². The Morgan fingerprint density at radius 2 is 1.83 bits per heavy atom. The summed E-state index contributed by atoms with van der Waals surface area (Å²) in [6.45, 7) is 3.11. The predicted octanol–water partition coefficient (Wildman–Crippen LogP) is 3.72. The van der Waals surface area contributed by atoms with Crippen molar-refractivity contribution in [3.8, 4) is 5.75 Å². The fraction of sp³-hybridized carbons (Fsp3) is 0.182. The second-order valence-corrected chi connectivity index (χ2v) is 6.40. The van der Waals surface area contributed by atoms with E-state index in [4.69, 9.17) is 9.15 Å². The van der Waals surface area contributed by atoms with E-state index < -0.39 is 0 Å². The molecule has 0 aliphatic heterocycles. The second kappa shape index (κ2) is 9.98. The zero-order valence-electron chi connectivity index (χ0n) is 16.1. The lowest BCUT2D eigenvalue weighted by Crippen LogP contribution is -2.37. The summed E-state index contributed by atoms with van der Waals surface area (Å²) < 4.78 is 10.6. The molecule has 1 aromatic heterocycles. The maximum atomic E-state index is 12.0. The topological polar surface area (TPSA) is 92.6 Å². The van der Waals surface area contributed by atoms with Crippen LogP contribution in [0.3, 0.4) is 0 Å². The molecule has 0 fully saturated rings. The van der Waals surface area contributed by atoms with Gasteiger partial charge in [0.25, 0.3) is 5.91 Å². The number of nitrogens with one attached hydrogen (secondary N) is 3. The van der Waals surface area contributed by atoms with Crippen LogP contribution in [0, 0.1) is 6.92 Å². The summed E-state index contributed by atoms with van der Waals surface area (Å²) in [6.07, 6.45) is 1.44. The van der Waals surface area contributed by atoms with Gasteiger partial charge in [0, 0.05) is 12.2 Å². The normalized spacial score (nSPS) is 10.2. The smallest absolute Gasteiger partial charge is 0.315 e. The Morgan fingerprint density at radius 1 is 1.00 bits per heavy atom. The summed E-state index contributed by atoms with van der Waals surface area (Å²) in [5.74, 6) is 0.679. The van der Waals surface area contributed by atoms with Crippen LogP contribution < -0.4 is 20.7 Å². The highest BCUT2D eigenvalue weighted by Crippen LogP contribution is 2.13. The fourth-order valence-electron chi connectivity index (χ4n) is 2.57. The second-order valence-electron chi connectivity index (χ2n) is 6.40. The molecular formula is C22H23N3O4. The van der Waals surface area contributed by atoms with Gasteiger partial charge in [-0.1, -0.05) is 29.8 Å². The van der Waals surface area contributed by atoms with Crippen molar-refractivity contribution in [1.29, 1.82) is 0 Å². The molecular weight excluding hydrogens is 370 g/mol. The molecule has 0 saturated heterocycles. The van der Waals surface area contributed by atoms with Crippen LogP contribution >= 0.6 is 0 Å². The molecule has 0 spiro atoms. The Hall–Kier alpha value is -3.74. The van der Waals surface area contributed by atoms with Crippen molar-refractivity contribution in [1.82, 2.24) is 10.6 Å². The highest BCUT2D eigenvalue weighted by Gasteiger charge is 2.09. The van der Waals surface area contributed by atoms with E-state index in [-0.39, 0.29) is 17.7 Å². The first-order chi connectivity index (χ1) is 14.1. The fourth-order valence-corrected chi connectivity index (χ4v) is 2.57. The molecule has 7 nitrogen and oxygen atoms in total. The number of amides is 3. The van der Waals surface area contributed by atoms with Gasteiger partial charge >= 0.3 is 6.03 Å². The lowest BCUT2D eigenvalue weighted by Gasteiger charge is -2.10. The number of furan rings is 1. The number of carbonyl (C=O) groups is 2. The Kier molecular flexibility index (Phi) is 6.89. The number of anilines is 1. The molecule has 0 aliphatic rings. The quantitative estimate of drug-likeness (QED) is 0.509. The van der Waals surface area contributed by atoms with Crippen LogP contribution in [0.5, 0.6) is 5.75 Å². The number of urea groups is 1. The van der Waals surface area contributed by atoms with Gasteiger partial charge in [-0.2, -0.15) is 0 Å². The summed E-state index contributed by atoms with van der Waals surface area (Å²) in [4.78, 5) is 24.0. The van der Waals surface area contributed by atoms with Gasteiger partial charge in [0.2, 0.25) is 0 Å². The third-order valence-electron chi connectivity index (χ3n) is 4.06. The van der Waals surface area contributed by atoms with Crippen LogP contribution in [-0.4, -0.2) is 25.1 Å². The van der Waals surface area contributed by atoms with E-state index >= 15 is 0 Å². The van der Waals surface area contributed by atoms with Crippen LogP contribution in [0.25, 0.3) is 0 Å². The first kappa shape index (κ1) is 20.0. The molecule has 150 valence electrons. The summed E-state index contributed by atoms with van der Waals surface area (Å²) >= 11 is 0. The van der Waals surface area contributed by atoms with Gasteiger partial charge in [-0.3, -0.25) is 4.79 Å². The molecule has 3 rings (SSSR count). The van der Waals surface area contributed by atoms with Crippen LogP contribution in [0.2, 0.25) is 0 Å². The van der Waals surface area contributed by atoms with Gasteiger partial charge < -0.3 is 25.1 Å². The van der Waals surface area contributed by atoms with Gasteiger partial charge in [-0.05, 0) is 48.9 Å². The predicted molar refractivity (Wildman–Crippen MR) is 110 cm³/mol. The molecule has 0 unspecified atom stereocenters. The average Bonchev–Trinajstić information content (AvgIpc) is 3.26. The number of hydrogen-bond donors (Lipinski definition) is 3. The summed E-state index contributed by atoms with van der Waals surface area (Å²) in [6, 6.07) is 17.9. The van der Waals surface area contributed by atoms with Crippen LogP contribution in [0.4, 0.5) is 10.5 Å². The van der Waals surface area contributed by atoms with E-state index in [1.165, 1.54) is 11.8 Å². The Bertz CT molecular complexity index is 937. The number of aryl methyl sites for hydroxylation is 1. The lowest BCUT2D eigenvalue weighted by molar-refractivity contribution is 0.0996. The van der Waals surface area contributed by atoms with Gasteiger partial charge in [0.15, 0.2) is 5.76 Å². The molecule has 3 amide bonds. The number of rotatable bonds is 8. The Balaban J connectivity index is 1.38. The third-order valence-corrected chi connectivity index (χ3v) is 4.06. The zero-order chi connectivity index (χ0) is 20.5. The minimum atomic E-state index is -0.327. The maximum Gasteiger partial charge on any atom is 0.315 e. The number of carbonyl (C=O) groups excluding carboxylic acids is 2. The highest BCUT2D eigenvalue weighted by molar-refractivity contribution is 6.02. The van der Waals surface area contributed by atoms with Crippen molar-refractivity contribution in [3.05, 3.63) is 83.8 Å². The van der Waals surface area contributed by atoms with Crippen molar-refractivity contribution < 1.29 is 18.7 Å². The highest BCUT2D eigenvalue weighted by atomic mass is 16.5. The van der Waals surface area contributed by atoms with Crippen LogP contribution in [-0.2, 0) is 6.54 Å². The molecule has 0 atom stereocenters. The first-order valence-corrected chi connectivity index (χ1v) is 9.25. The Morgan fingerprint density at radius 3 is 2.59 bits per heavy atom. The zero-order valence-corrected chi connectivity index (χ0v) is 16.1. The summed E-state index contributed by atoms with van der Waals surface area (Å²) in [7, 11) is 0. The number of benzene rings is 2. The molecule has 2 aromatic carbocycles. The molecule has 29 heavy (non-hydrogen) atoms. The SMILES string of the molecule is Cc1ccc(OCCNC(=O)NCc2cccc(NC(=O)c3ccco3)c2)cc1. The van der Waals surface area contributed by atoms with Crippen LogP contribution in [0.15, 0.2) is 71.3 Å². The minimum Gasteiger partial charge on any atom is -0.492 e. The molecule has 0 aliphatic carbocycles. The van der Waals surface area contributed by atoms with Gasteiger partial charge in [0.05, 0.1) is 12.8 Å². The first-order valence-electron chi connectivity index (χ1n) is 9.25. The Labute approximate surface area is 169 Å².